The summed E-state index contributed by atoms with van der Waals surface area (Å²) >= 11 is 0. The smallest absolute Gasteiger partial charge is 0.410 e. The molecule has 2 rings (SSSR count). The van der Waals surface area contributed by atoms with E-state index >= 15 is 0 Å². The van der Waals surface area contributed by atoms with Gasteiger partial charge in [-0.25, -0.2) is 9.78 Å². The quantitative estimate of drug-likeness (QED) is 0.849. The molecule has 1 fully saturated rings. The third-order valence-electron chi connectivity index (χ3n) is 3.72. The number of unbranched alkanes of at least 4 members (excludes halogenated alkanes) is 1. The van der Waals surface area contributed by atoms with Crippen LogP contribution in [0.1, 0.15) is 65.1 Å². The highest BCUT2D eigenvalue weighted by Gasteiger charge is 2.34. The fourth-order valence-corrected chi connectivity index (χ4v) is 2.74. The molecule has 0 spiro atoms. The largest absolute Gasteiger partial charge is 0.444 e. The third-order valence-corrected chi connectivity index (χ3v) is 3.72. The maximum absolute atomic E-state index is 12.4. The van der Waals surface area contributed by atoms with Crippen LogP contribution in [0.25, 0.3) is 0 Å². The maximum Gasteiger partial charge on any atom is 0.410 e. The predicted molar refractivity (Wildman–Crippen MR) is 82.1 cm³/mol. The summed E-state index contributed by atoms with van der Waals surface area (Å²) in [6, 6.07) is 0.0965. The first-order chi connectivity index (χ1) is 9.92. The Hall–Kier alpha value is -1.52. The Kier molecular flexibility index (Phi) is 4.91. The van der Waals surface area contributed by atoms with Crippen LogP contribution in [0.4, 0.5) is 4.79 Å². The molecule has 0 unspecified atom stereocenters. The second-order valence-electron chi connectivity index (χ2n) is 6.70. The molecule has 0 aromatic carbocycles. The van der Waals surface area contributed by atoms with Gasteiger partial charge in [-0.3, -0.25) is 4.90 Å². The molecule has 5 heteroatoms. The normalized spacial score (nSPS) is 19.0. The second kappa shape index (κ2) is 6.50. The molecule has 21 heavy (non-hydrogen) atoms. The molecule has 2 heterocycles. The molecule has 1 atom stereocenters. The Balaban J connectivity index is 2.11. The lowest BCUT2D eigenvalue weighted by molar-refractivity contribution is 0.0219. The molecule has 1 aliphatic heterocycles. The van der Waals surface area contributed by atoms with Crippen LogP contribution < -0.4 is 0 Å². The number of carbonyl (C=O) groups is 1. The molecule has 1 aromatic heterocycles. The number of likely N-dealkylation sites (tertiary alicyclic amines) is 1. The molecule has 0 saturated carbocycles. The number of rotatable bonds is 4. The number of carbonyl (C=O) groups excluding carboxylic acids is 1. The molecule has 1 aromatic rings. The lowest BCUT2D eigenvalue weighted by Crippen LogP contribution is -2.37. The number of hydrogen-bond donors (Lipinski definition) is 0. The summed E-state index contributed by atoms with van der Waals surface area (Å²) in [5, 5.41) is 0. The lowest BCUT2D eigenvalue weighted by atomic mass is 10.1. The molecular weight excluding hydrogens is 266 g/mol. The average molecular weight is 293 g/mol. The van der Waals surface area contributed by atoms with Gasteiger partial charge in [0.25, 0.3) is 0 Å². The Bertz CT molecular complexity index is 476. The Labute approximate surface area is 127 Å². The monoisotopic (exact) mass is 293 g/mol. The van der Waals surface area contributed by atoms with Gasteiger partial charge in [0.1, 0.15) is 5.60 Å². The molecule has 0 N–H and O–H groups in total. The summed E-state index contributed by atoms with van der Waals surface area (Å²) in [5.74, 6) is 0. The minimum atomic E-state index is -0.452. The van der Waals surface area contributed by atoms with Gasteiger partial charge >= 0.3 is 6.09 Å². The van der Waals surface area contributed by atoms with E-state index in [-0.39, 0.29) is 12.1 Å². The Morgan fingerprint density at radius 1 is 1.48 bits per heavy atom. The molecule has 1 amide bonds. The highest BCUT2D eigenvalue weighted by molar-refractivity contribution is 5.69. The molecule has 0 radical (unpaired) electrons. The summed E-state index contributed by atoms with van der Waals surface area (Å²) < 4.78 is 7.71. The van der Waals surface area contributed by atoms with Gasteiger partial charge in [-0.15, -0.1) is 0 Å². The van der Waals surface area contributed by atoms with Crippen LogP contribution in [0.2, 0.25) is 0 Å². The van der Waals surface area contributed by atoms with Crippen molar-refractivity contribution in [2.45, 2.75) is 71.6 Å². The van der Waals surface area contributed by atoms with Crippen molar-refractivity contribution in [3.8, 4) is 0 Å². The van der Waals surface area contributed by atoms with E-state index in [0.717, 1.165) is 44.5 Å². The Morgan fingerprint density at radius 3 is 2.90 bits per heavy atom. The fraction of sp³-hybridized carbons (Fsp3) is 0.750. The van der Waals surface area contributed by atoms with Gasteiger partial charge in [0.15, 0.2) is 0 Å². The first kappa shape index (κ1) is 15.9. The molecular formula is C16H27N3O2. The minimum absolute atomic E-state index is 0.0965. The Morgan fingerprint density at radius 2 is 2.24 bits per heavy atom. The molecule has 0 bridgehead atoms. The molecule has 0 aliphatic carbocycles. The van der Waals surface area contributed by atoms with E-state index in [2.05, 4.69) is 16.5 Å². The van der Waals surface area contributed by atoms with E-state index < -0.39 is 5.60 Å². The topological polar surface area (TPSA) is 47.4 Å². The van der Waals surface area contributed by atoms with Crippen molar-refractivity contribution in [1.82, 2.24) is 14.5 Å². The van der Waals surface area contributed by atoms with Crippen LogP contribution in [0.15, 0.2) is 12.5 Å². The van der Waals surface area contributed by atoms with Crippen LogP contribution in [0.3, 0.4) is 0 Å². The number of ether oxygens (including phenoxy) is 1. The van der Waals surface area contributed by atoms with E-state index in [1.54, 1.807) is 0 Å². The molecule has 5 nitrogen and oxygen atoms in total. The van der Waals surface area contributed by atoms with Crippen molar-refractivity contribution in [2.75, 3.05) is 6.54 Å². The highest BCUT2D eigenvalue weighted by Crippen LogP contribution is 2.33. The van der Waals surface area contributed by atoms with E-state index in [1.165, 1.54) is 0 Å². The van der Waals surface area contributed by atoms with Crippen molar-refractivity contribution in [3.05, 3.63) is 18.2 Å². The summed E-state index contributed by atoms with van der Waals surface area (Å²) in [5.41, 5.74) is 0.680. The summed E-state index contributed by atoms with van der Waals surface area (Å²) in [7, 11) is 0. The van der Waals surface area contributed by atoms with Crippen molar-refractivity contribution in [3.63, 3.8) is 0 Å². The van der Waals surface area contributed by atoms with E-state index in [4.69, 9.17) is 4.74 Å². The van der Waals surface area contributed by atoms with E-state index in [1.807, 2.05) is 38.2 Å². The zero-order valence-electron chi connectivity index (χ0n) is 13.6. The van der Waals surface area contributed by atoms with Gasteiger partial charge in [0.2, 0.25) is 0 Å². The molecule has 1 saturated heterocycles. The first-order valence-corrected chi connectivity index (χ1v) is 7.92. The molecule has 118 valence electrons. The van der Waals surface area contributed by atoms with Crippen molar-refractivity contribution >= 4 is 6.09 Å². The molecule has 1 aliphatic rings. The van der Waals surface area contributed by atoms with Gasteiger partial charge in [0, 0.05) is 13.1 Å². The minimum Gasteiger partial charge on any atom is -0.444 e. The zero-order valence-corrected chi connectivity index (χ0v) is 13.6. The number of imidazole rings is 1. The van der Waals surface area contributed by atoms with Crippen molar-refractivity contribution in [2.24, 2.45) is 0 Å². The third kappa shape index (κ3) is 3.99. The highest BCUT2D eigenvalue weighted by atomic mass is 16.6. The zero-order chi connectivity index (χ0) is 15.5. The van der Waals surface area contributed by atoms with Gasteiger partial charge in [-0.2, -0.15) is 0 Å². The summed E-state index contributed by atoms with van der Waals surface area (Å²) in [4.78, 5) is 18.5. The van der Waals surface area contributed by atoms with Crippen LogP contribution >= 0.6 is 0 Å². The lowest BCUT2D eigenvalue weighted by Gasteiger charge is -2.29. The standard InChI is InChI=1S/C16H27N3O2/c1-5-6-9-18-12-17-11-14(18)13-8-7-10-19(13)15(20)21-16(2,3)4/h11-13H,5-10H2,1-4H3/t13-/m0/s1. The fourth-order valence-electron chi connectivity index (χ4n) is 2.74. The summed E-state index contributed by atoms with van der Waals surface area (Å²) in [6.07, 6.45) is 7.83. The van der Waals surface area contributed by atoms with Gasteiger partial charge in [-0.1, -0.05) is 13.3 Å². The number of nitrogens with zero attached hydrogens (tertiary/aromatic N) is 3. The van der Waals surface area contributed by atoms with Crippen LogP contribution in [-0.2, 0) is 11.3 Å². The predicted octanol–water partition coefficient (Wildman–Crippen LogP) is 3.76. The van der Waals surface area contributed by atoms with Crippen LogP contribution in [0, 0.1) is 0 Å². The second-order valence-corrected chi connectivity index (χ2v) is 6.70. The summed E-state index contributed by atoms with van der Waals surface area (Å²) in [6.45, 7) is 9.62. The van der Waals surface area contributed by atoms with Gasteiger partial charge in [0.05, 0.1) is 24.3 Å². The van der Waals surface area contributed by atoms with Crippen molar-refractivity contribution in [1.29, 1.82) is 0 Å². The van der Waals surface area contributed by atoms with Gasteiger partial charge < -0.3 is 9.30 Å². The van der Waals surface area contributed by atoms with Crippen LogP contribution in [-0.4, -0.2) is 32.7 Å². The van der Waals surface area contributed by atoms with E-state index in [9.17, 15) is 4.79 Å². The number of amides is 1. The average Bonchev–Trinajstić information content (AvgIpc) is 3.02. The van der Waals surface area contributed by atoms with Gasteiger partial charge in [-0.05, 0) is 40.0 Å². The number of aryl methyl sites for hydroxylation is 1. The maximum atomic E-state index is 12.4. The first-order valence-electron chi connectivity index (χ1n) is 7.92. The van der Waals surface area contributed by atoms with Crippen LogP contribution in [0.5, 0.6) is 0 Å². The van der Waals surface area contributed by atoms with Crippen molar-refractivity contribution < 1.29 is 9.53 Å². The number of hydrogen-bond acceptors (Lipinski definition) is 3. The van der Waals surface area contributed by atoms with E-state index in [0.29, 0.717) is 0 Å². The number of aromatic nitrogens is 2. The SMILES string of the molecule is CCCCn1cncc1[C@@H]1CCCN1C(=O)OC(C)(C)C.